The molecule has 0 radical (unpaired) electrons. The third-order valence-electron chi connectivity index (χ3n) is 1.99. The van der Waals surface area contributed by atoms with Crippen molar-refractivity contribution in [2.45, 2.75) is 5.38 Å². The van der Waals surface area contributed by atoms with Gasteiger partial charge in [-0.2, -0.15) is 4.98 Å². The zero-order valence-corrected chi connectivity index (χ0v) is 10.4. The maximum absolute atomic E-state index is 6.05. The van der Waals surface area contributed by atoms with Crippen molar-refractivity contribution in [1.29, 1.82) is 0 Å². The first kappa shape index (κ1) is 13.0. The predicted octanol–water partition coefficient (Wildman–Crippen LogP) is 1.18. The van der Waals surface area contributed by atoms with Gasteiger partial charge in [0, 0.05) is 33.0 Å². The Balaban J connectivity index is 2.61. The highest BCUT2D eigenvalue weighted by Crippen LogP contribution is 2.12. The first-order chi connectivity index (χ1) is 7.67. The van der Waals surface area contributed by atoms with E-state index in [1.165, 1.54) is 0 Å². The van der Waals surface area contributed by atoms with Crippen LogP contribution in [-0.4, -0.2) is 49.8 Å². The van der Waals surface area contributed by atoms with Crippen LogP contribution in [0, 0.1) is 0 Å². The molecular weight excluding hydrogens is 230 g/mol. The first-order valence-electron chi connectivity index (χ1n) is 4.88. The number of alkyl halides is 1. The summed E-state index contributed by atoms with van der Waals surface area (Å²) in [5, 5.41) is -0.0928. The van der Waals surface area contributed by atoms with Crippen LogP contribution >= 0.6 is 11.6 Å². The van der Waals surface area contributed by atoms with Gasteiger partial charge < -0.3 is 14.4 Å². The van der Waals surface area contributed by atoms with Gasteiger partial charge in [-0.1, -0.05) is 0 Å². The highest BCUT2D eigenvalue weighted by atomic mass is 35.5. The van der Waals surface area contributed by atoms with Gasteiger partial charge in [0.2, 0.25) is 11.8 Å². The fourth-order valence-corrected chi connectivity index (χ4v) is 1.58. The molecule has 1 heterocycles. The first-order valence-corrected chi connectivity index (χ1v) is 5.32. The SMILES string of the molecule is COCC(Cl)CN(C)c1nccc(OC)n1. The van der Waals surface area contributed by atoms with Crippen LogP contribution < -0.4 is 9.64 Å². The molecule has 1 unspecified atom stereocenters. The Morgan fingerprint density at radius 2 is 2.25 bits per heavy atom. The van der Waals surface area contributed by atoms with Crippen molar-refractivity contribution in [2.75, 3.05) is 39.3 Å². The maximum atomic E-state index is 6.05. The topological polar surface area (TPSA) is 47.5 Å². The zero-order valence-electron chi connectivity index (χ0n) is 9.68. The van der Waals surface area contributed by atoms with E-state index in [4.69, 9.17) is 21.1 Å². The summed E-state index contributed by atoms with van der Waals surface area (Å²) < 4.78 is 9.98. The number of anilines is 1. The van der Waals surface area contributed by atoms with Crippen molar-refractivity contribution in [3.63, 3.8) is 0 Å². The summed E-state index contributed by atoms with van der Waals surface area (Å²) in [6.45, 7) is 1.11. The molecule has 16 heavy (non-hydrogen) atoms. The Kier molecular flexibility index (Phi) is 5.28. The van der Waals surface area contributed by atoms with Crippen molar-refractivity contribution in [3.8, 4) is 5.88 Å². The van der Waals surface area contributed by atoms with Gasteiger partial charge in [-0.25, -0.2) is 4.98 Å². The minimum Gasteiger partial charge on any atom is -0.481 e. The van der Waals surface area contributed by atoms with Crippen molar-refractivity contribution in [1.82, 2.24) is 9.97 Å². The summed E-state index contributed by atoms with van der Waals surface area (Å²) in [5.41, 5.74) is 0. The van der Waals surface area contributed by atoms with E-state index in [0.29, 0.717) is 25.0 Å². The number of ether oxygens (including phenoxy) is 2. The maximum Gasteiger partial charge on any atom is 0.228 e. The molecule has 0 aliphatic carbocycles. The van der Waals surface area contributed by atoms with Crippen molar-refractivity contribution in [2.24, 2.45) is 0 Å². The summed E-state index contributed by atoms with van der Waals surface area (Å²) >= 11 is 6.05. The lowest BCUT2D eigenvalue weighted by molar-refractivity contribution is 0.199. The van der Waals surface area contributed by atoms with E-state index in [1.807, 2.05) is 11.9 Å². The smallest absolute Gasteiger partial charge is 0.228 e. The largest absolute Gasteiger partial charge is 0.481 e. The Morgan fingerprint density at radius 3 is 2.88 bits per heavy atom. The summed E-state index contributed by atoms with van der Waals surface area (Å²) in [4.78, 5) is 10.2. The third-order valence-corrected chi connectivity index (χ3v) is 2.25. The second-order valence-corrected chi connectivity index (χ2v) is 3.95. The molecule has 0 bridgehead atoms. The van der Waals surface area contributed by atoms with Crippen LogP contribution in [0.4, 0.5) is 5.95 Å². The molecule has 0 aromatic carbocycles. The molecule has 0 saturated carbocycles. The van der Waals surface area contributed by atoms with Gasteiger partial charge >= 0.3 is 0 Å². The normalized spacial score (nSPS) is 12.2. The predicted molar refractivity (Wildman–Crippen MR) is 63.4 cm³/mol. The van der Waals surface area contributed by atoms with Gasteiger partial charge in [0.25, 0.3) is 0 Å². The fourth-order valence-electron chi connectivity index (χ4n) is 1.24. The van der Waals surface area contributed by atoms with E-state index < -0.39 is 0 Å². The van der Waals surface area contributed by atoms with Gasteiger partial charge in [-0.05, 0) is 0 Å². The van der Waals surface area contributed by atoms with Gasteiger partial charge in [-0.15, -0.1) is 11.6 Å². The van der Waals surface area contributed by atoms with Crippen LogP contribution in [0.5, 0.6) is 5.88 Å². The molecule has 90 valence electrons. The zero-order chi connectivity index (χ0) is 12.0. The standard InChI is InChI=1S/C10H16ClN3O2/c1-14(6-8(11)7-15-2)10-12-5-4-9(13-10)16-3/h4-5,8H,6-7H2,1-3H3. The molecule has 6 heteroatoms. The van der Waals surface area contributed by atoms with Gasteiger partial charge in [0.15, 0.2) is 0 Å². The molecule has 5 nitrogen and oxygen atoms in total. The quantitative estimate of drug-likeness (QED) is 0.705. The van der Waals surface area contributed by atoms with Gasteiger partial charge in [0.1, 0.15) is 0 Å². The van der Waals surface area contributed by atoms with E-state index >= 15 is 0 Å². The molecule has 1 rings (SSSR count). The average molecular weight is 246 g/mol. The average Bonchev–Trinajstić information content (AvgIpc) is 2.29. The van der Waals surface area contributed by atoms with E-state index in [0.717, 1.165) is 0 Å². The van der Waals surface area contributed by atoms with Crippen LogP contribution in [0.2, 0.25) is 0 Å². The number of hydrogen-bond acceptors (Lipinski definition) is 5. The molecular formula is C10H16ClN3O2. The summed E-state index contributed by atoms with van der Waals surface area (Å²) in [6, 6.07) is 1.70. The third kappa shape index (κ3) is 3.83. The number of rotatable bonds is 6. The van der Waals surface area contributed by atoms with Crippen LogP contribution in [0.15, 0.2) is 12.3 Å². The van der Waals surface area contributed by atoms with E-state index in [2.05, 4.69) is 9.97 Å². The molecule has 0 amide bonds. The van der Waals surface area contributed by atoms with Crippen molar-refractivity contribution in [3.05, 3.63) is 12.3 Å². The number of methoxy groups -OCH3 is 2. The molecule has 0 N–H and O–H groups in total. The highest BCUT2D eigenvalue weighted by Gasteiger charge is 2.11. The molecule has 1 aromatic rings. The number of hydrogen-bond donors (Lipinski definition) is 0. The molecule has 0 spiro atoms. The molecule has 1 aromatic heterocycles. The van der Waals surface area contributed by atoms with Crippen LogP contribution in [0.1, 0.15) is 0 Å². The monoisotopic (exact) mass is 245 g/mol. The Bertz CT molecular complexity index is 325. The summed E-state index contributed by atoms with van der Waals surface area (Å²) in [7, 11) is 5.07. The number of halogens is 1. The van der Waals surface area contributed by atoms with Gasteiger partial charge in [0.05, 0.1) is 19.1 Å². The molecule has 0 fully saturated rings. The molecule has 0 saturated heterocycles. The van der Waals surface area contributed by atoms with Crippen molar-refractivity contribution < 1.29 is 9.47 Å². The second kappa shape index (κ2) is 6.50. The lowest BCUT2D eigenvalue weighted by Crippen LogP contribution is -2.29. The van der Waals surface area contributed by atoms with Crippen molar-refractivity contribution >= 4 is 17.5 Å². The highest BCUT2D eigenvalue weighted by molar-refractivity contribution is 6.21. The number of aromatic nitrogens is 2. The summed E-state index contributed by atoms with van der Waals surface area (Å²) in [5.74, 6) is 1.12. The molecule has 0 aliphatic heterocycles. The lowest BCUT2D eigenvalue weighted by atomic mass is 10.4. The van der Waals surface area contributed by atoms with E-state index in [9.17, 15) is 0 Å². The minimum atomic E-state index is -0.0928. The fraction of sp³-hybridized carbons (Fsp3) is 0.600. The van der Waals surface area contributed by atoms with E-state index in [1.54, 1.807) is 26.5 Å². The summed E-state index contributed by atoms with van der Waals surface area (Å²) in [6.07, 6.45) is 1.65. The minimum absolute atomic E-state index is 0.0928. The number of nitrogens with zero attached hydrogens (tertiary/aromatic N) is 3. The van der Waals surface area contributed by atoms with Crippen LogP contribution in [0.3, 0.4) is 0 Å². The van der Waals surface area contributed by atoms with Crippen LogP contribution in [0.25, 0.3) is 0 Å². The van der Waals surface area contributed by atoms with E-state index in [-0.39, 0.29) is 5.38 Å². The Hall–Kier alpha value is -1.07. The molecule has 0 aliphatic rings. The Labute approximate surface area is 100 Å². The van der Waals surface area contributed by atoms with Gasteiger partial charge in [-0.3, -0.25) is 0 Å². The van der Waals surface area contributed by atoms with Crippen LogP contribution in [-0.2, 0) is 4.74 Å². The Morgan fingerprint density at radius 1 is 1.50 bits per heavy atom. The lowest BCUT2D eigenvalue weighted by Gasteiger charge is -2.19. The molecule has 1 atom stereocenters. The second-order valence-electron chi connectivity index (χ2n) is 3.33.